The van der Waals surface area contributed by atoms with Gasteiger partial charge in [-0.15, -0.1) is 0 Å². The van der Waals surface area contributed by atoms with Crippen LogP contribution in [-0.4, -0.2) is 123 Å². The second-order valence-electron chi connectivity index (χ2n) is 20.0. The van der Waals surface area contributed by atoms with Crippen LogP contribution < -0.4 is 0 Å². The molecule has 0 aromatic rings. The van der Waals surface area contributed by atoms with Gasteiger partial charge in [0.25, 0.3) is 11.7 Å². The lowest BCUT2D eigenvalue weighted by atomic mass is 9.75. The quantitative estimate of drug-likeness (QED) is 0.115. The molecule has 362 valence electrons. The highest BCUT2D eigenvalue weighted by Crippen LogP contribution is 2.38. The number of nitrogens with zero attached hydrogens (tertiary/aromatic N) is 1. The van der Waals surface area contributed by atoms with Crippen molar-refractivity contribution in [3.8, 4) is 0 Å². The normalized spacial score (nSPS) is 38.2. The molecule has 64 heavy (non-hydrogen) atoms. The molecule has 3 aliphatic heterocycles. The molecular formula is C51H81NO12. The van der Waals surface area contributed by atoms with E-state index in [0.717, 1.165) is 12.0 Å². The van der Waals surface area contributed by atoms with Crippen LogP contribution in [0.4, 0.5) is 0 Å². The Morgan fingerprint density at radius 1 is 0.844 bits per heavy atom. The van der Waals surface area contributed by atoms with Crippen LogP contribution in [0.5, 0.6) is 0 Å². The summed E-state index contributed by atoms with van der Waals surface area (Å²) in [6.45, 7) is 12.8. The van der Waals surface area contributed by atoms with Crippen molar-refractivity contribution in [2.24, 2.45) is 47.3 Å². The molecule has 0 radical (unpaired) electrons. The number of hydrogen-bond donors (Lipinski definition) is 5. The largest absolute Gasteiger partial charge is 0.461 e. The number of fused-ring (bicyclic) bond motifs is 3. The summed E-state index contributed by atoms with van der Waals surface area (Å²) >= 11 is 0. The SMILES string of the molecule is CO[C@H]1C[C@@H]2CC[C@@H](C)[C@@](O)(O2)C(=O)C(=O)N2CCCC[C@H]2C(=O)O[C@H]([C@H](C)C[C@@H]2CC[C@@H](O)[C@H](CO)C2)CC[C@H](C)C=C(C)[C@@H](O)[C@@H](CO)C(=O)[C@H](C)C[C@H](C)C=CC=CC=C1C. The number of ketones is 2. The van der Waals surface area contributed by atoms with Crippen molar-refractivity contribution in [1.82, 2.24) is 4.90 Å². The molecule has 13 heteroatoms. The topological polar surface area (TPSA) is 200 Å². The molecule has 0 spiro atoms. The number of piperidine rings is 1. The van der Waals surface area contributed by atoms with Crippen LogP contribution in [0.25, 0.3) is 0 Å². The number of rotatable bonds is 6. The maximum atomic E-state index is 14.3. The molecule has 1 amide bonds. The van der Waals surface area contributed by atoms with E-state index in [1.54, 1.807) is 21.0 Å². The van der Waals surface area contributed by atoms with Crippen molar-refractivity contribution in [1.29, 1.82) is 0 Å². The summed E-state index contributed by atoms with van der Waals surface area (Å²) in [5.74, 6) is -7.61. The predicted octanol–water partition coefficient (Wildman–Crippen LogP) is 6.19. The summed E-state index contributed by atoms with van der Waals surface area (Å²) in [5.41, 5.74) is 1.45. The lowest BCUT2D eigenvalue weighted by molar-refractivity contribution is -0.265. The average molecular weight is 900 g/mol. The Hall–Kier alpha value is -3.04. The van der Waals surface area contributed by atoms with Gasteiger partial charge in [-0.1, -0.05) is 71.1 Å². The fraction of sp³-hybridized carbons (Fsp3) is 0.765. The smallest absolute Gasteiger partial charge is 0.329 e. The fourth-order valence-corrected chi connectivity index (χ4v) is 10.5. The molecule has 3 fully saturated rings. The Balaban J connectivity index is 1.67. The van der Waals surface area contributed by atoms with Crippen molar-refractivity contribution in [2.45, 2.75) is 174 Å². The third-order valence-corrected chi connectivity index (χ3v) is 14.7. The highest BCUT2D eigenvalue weighted by molar-refractivity contribution is 6.39. The zero-order valence-electron chi connectivity index (χ0n) is 39.9. The van der Waals surface area contributed by atoms with Gasteiger partial charge in [-0.25, -0.2) is 4.79 Å². The maximum absolute atomic E-state index is 14.3. The number of carbonyl (C=O) groups excluding carboxylic acids is 4. The van der Waals surface area contributed by atoms with E-state index in [1.807, 2.05) is 71.1 Å². The number of methoxy groups -OCH3 is 1. The highest BCUT2D eigenvalue weighted by Gasteiger charge is 2.53. The number of aliphatic hydroxyl groups excluding tert-OH is 4. The lowest BCUT2D eigenvalue weighted by Gasteiger charge is -2.42. The molecule has 13 nitrogen and oxygen atoms in total. The van der Waals surface area contributed by atoms with E-state index in [0.29, 0.717) is 82.6 Å². The highest BCUT2D eigenvalue weighted by atomic mass is 16.6. The lowest BCUT2D eigenvalue weighted by Crippen LogP contribution is -2.61. The molecule has 0 aromatic carbocycles. The second kappa shape index (κ2) is 25.2. The molecule has 4 aliphatic rings. The molecule has 0 unspecified atom stereocenters. The van der Waals surface area contributed by atoms with Crippen LogP contribution in [0.2, 0.25) is 0 Å². The fourth-order valence-electron chi connectivity index (χ4n) is 10.5. The first-order chi connectivity index (χ1) is 30.3. The van der Waals surface area contributed by atoms with Gasteiger partial charge in [-0.3, -0.25) is 14.4 Å². The first kappa shape index (κ1) is 53.6. The first-order valence-corrected chi connectivity index (χ1v) is 24.1. The number of ether oxygens (including phenoxy) is 3. The van der Waals surface area contributed by atoms with Crippen molar-refractivity contribution in [2.75, 3.05) is 26.9 Å². The van der Waals surface area contributed by atoms with Gasteiger partial charge in [-0.05, 0) is 126 Å². The van der Waals surface area contributed by atoms with Crippen molar-refractivity contribution < 1.29 is 58.9 Å². The number of cyclic esters (lactones) is 1. The van der Waals surface area contributed by atoms with Gasteiger partial charge in [0.1, 0.15) is 17.9 Å². The molecule has 0 aromatic heterocycles. The van der Waals surface area contributed by atoms with E-state index in [-0.39, 0.29) is 48.5 Å². The Morgan fingerprint density at radius 3 is 2.27 bits per heavy atom. The summed E-state index contributed by atoms with van der Waals surface area (Å²) in [6.07, 6.45) is 15.2. The van der Waals surface area contributed by atoms with Crippen LogP contribution >= 0.6 is 0 Å². The van der Waals surface area contributed by atoms with Gasteiger partial charge in [0.05, 0.1) is 36.9 Å². The summed E-state index contributed by atoms with van der Waals surface area (Å²) in [4.78, 5) is 57.6. The molecule has 5 N–H and O–H groups in total. The van der Waals surface area contributed by atoms with Gasteiger partial charge in [0.15, 0.2) is 0 Å². The van der Waals surface area contributed by atoms with Crippen LogP contribution in [-0.2, 0) is 33.4 Å². The van der Waals surface area contributed by atoms with E-state index >= 15 is 0 Å². The monoisotopic (exact) mass is 900 g/mol. The summed E-state index contributed by atoms with van der Waals surface area (Å²) in [6, 6.07) is -1.04. The maximum Gasteiger partial charge on any atom is 0.329 e. The Morgan fingerprint density at radius 2 is 1.58 bits per heavy atom. The van der Waals surface area contributed by atoms with Crippen LogP contribution in [0.3, 0.4) is 0 Å². The third-order valence-electron chi connectivity index (χ3n) is 14.7. The number of Topliss-reactive ketones (excluding diaryl/α,β-unsaturated/α-hetero) is 2. The standard InChI is InChI=1S/C51H81NO12/c1-31-14-10-9-11-15-33(3)45(62-8)28-40-20-18-37(7)51(61,64-40)48(58)49(59)52-23-13-12-16-42(52)50(60)63-44(34(4)26-38-19-21-43(55)39(27-38)29-53)22-17-32(2)25-36(6)47(57)41(30-54)46(56)35(5)24-31/h9-11,14-15,25,31-32,34-35,37-45,47,53-55,57,61H,12-13,16-24,26-30H2,1-8H3/t31-,32+,34-,35-,37-,38+,39+,40+,41+,42+,43-,44+,45+,47-,51-/m1/s1. The third kappa shape index (κ3) is 14.2. The average Bonchev–Trinajstić information content (AvgIpc) is 3.27. The number of amides is 1. The van der Waals surface area contributed by atoms with Gasteiger partial charge in [0.2, 0.25) is 5.79 Å². The molecule has 2 bridgehead atoms. The minimum Gasteiger partial charge on any atom is -0.461 e. The summed E-state index contributed by atoms with van der Waals surface area (Å²) in [7, 11) is 1.58. The van der Waals surface area contributed by atoms with E-state index < -0.39 is 84.4 Å². The Kier molecular flexibility index (Phi) is 21.1. The molecule has 1 saturated carbocycles. The first-order valence-electron chi connectivity index (χ1n) is 24.1. The zero-order valence-corrected chi connectivity index (χ0v) is 39.9. The summed E-state index contributed by atoms with van der Waals surface area (Å²) in [5, 5.41) is 54.1. The predicted molar refractivity (Wildman–Crippen MR) is 244 cm³/mol. The number of allylic oxidation sites excluding steroid dienone is 6. The van der Waals surface area contributed by atoms with Crippen LogP contribution in [0, 0.1) is 47.3 Å². The number of hydrogen-bond acceptors (Lipinski definition) is 12. The number of esters is 1. The molecule has 4 rings (SSSR count). The molecule has 1 aliphatic carbocycles. The van der Waals surface area contributed by atoms with Crippen molar-refractivity contribution >= 4 is 23.4 Å². The van der Waals surface area contributed by atoms with Gasteiger partial charge in [-0.2, -0.15) is 0 Å². The van der Waals surface area contributed by atoms with E-state index in [1.165, 1.54) is 4.90 Å². The molecule has 2 saturated heterocycles. The van der Waals surface area contributed by atoms with Gasteiger partial charge >= 0.3 is 5.97 Å². The van der Waals surface area contributed by atoms with Gasteiger partial charge < -0.3 is 44.6 Å². The zero-order chi connectivity index (χ0) is 47.3. The molecule has 3 heterocycles. The second-order valence-corrected chi connectivity index (χ2v) is 20.0. The van der Waals surface area contributed by atoms with Crippen LogP contribution in [0.1, 0.15) is 132 Å². The molecular weight excluding hydrogens is 819 g/mol. The number of aliphatic hydroxyl groups is 5. The van der Waals surface area contributed by atoms with E-state index in [4.69, 9.17) is 14.2 Å². The van der Waals surface area contributed by atoms with E-state index in [9.17, 15) is 44.7 Å². The molecule has 15 atom stereocenters. The van der Waals surface area contributed by atoms with E-state index in [2.05, 4.69) is 0 Å². The Labute approximate surface area is 382 Å². The Bertz CT molecular complexity index is 1670. The van der Waals surface area contributed by atoms with Crippen molar-refractivity contribution in [3.05, 3.63) is 47.6 Å². The van der Waals surface area contributed by atoms with Crippen molar-refractivity contribution in [3.63, 3.8) is 0 Å². The van der Waals surface area contributed by atoms with Gasteiger partial charge in [0, 0.05) is 44.4 Å². The summed E-state index contributed by atoms with van der Waals surface area (Å²) < 4.78 is 18.4. The minimum atomic E-state index is -2.39. The number of carbonyl (C=O) groups is 4. The minimum absolute atomic E-state index is 0.0368. The van der Waals surface area contributed by atoms with Crippen LogP contribution in [0.15, 0.2) is 47.6 Å².